The van der Waals surface area contributed by atoms with E-state index < -0.39 is 5.25 Å². The molecule has 0 aliphatic rings. The van der Waals surface area contributed by atoms with Gasteiger partial charge in [-0.1, -0.05) is 35.5 Å². The quantitative estimate of drug-likeness (QED) is 0.491. The molecular weight excluding hydrogens is 424 g/mol. The topological polar surface area (TPSA) is 78.3 Å². The molecule has 0 fully saturated rings. The van der Waals surface area contributed by atoms with Gasteiger partial charge < -0.3 is 14.8 Å². The Bertz CT molecular complexity index is 994. The summed E-state index contributed by atoms with van der Waals surface area (Å²) in [5.74, 6) is 1.15. The largest absolute Gasteiger partial charge is 0.495 e. The molecule has 1 atom stereocenters. The van der Waals surface area contributed by atoms with Crippen LogP contribution in [0.1, 0.15) is 6.92 Å². The van der Waals surface area contributed by atoms with Gasteiger partial charge in [-0.3, -0.25) is 9.36 Å². The number of carbonyl (C=O) groups excluding carboxylic acids is 1. The first-order chi connectivity index (χ1) is 14.5. The Kier molecular flexibility index (Phi) is 7.73. The Balaban J connectivity index is 1.79. The molecule has 1 aromatic heterocycles. The van der Waals surface area contributed by atoms with Gasteiger partial charge in [0.1, 0.15) is 5.75 Å². The Morgan fingerprint density at radius 1 is 1.17 bits per heavy atom. The second-order valence-corrected chi connectivity index (χ2v) is 8.15. The molecule has 0 spiro atoms. The average Bonchev–Trinajstić information content (AvgIpc) is 3.15. The molecule has 0 bridgehead atoms. The first-order valence-corrected chi connectivity index (χ1v) is 10.6. The van der Waals surface area contributed by atoms with Gasteiger partial charge in [0.15, 0.2) is 11.0 Å². The van der Waals surface area contributed by atoms with Gasteiger partial charge in [0, 0.05) is 17.7 Å². The van der Waals surface area contributed by atoms with Crippen molar-refractivity contribution in [3.63, 3.8) is 0 Å². The van der Waals surface area contributed by atoms with Gasteiger partial charge in [-0.2, -0.15) is 0 Å². The van der Waals surface area contributed by atoms with Gasteiger partial charge in [-0.25, -0.2) is 0 Å². The molecular formula is C21H23ClN4O3S. The van der Waals surface area contributed by atoms with Crippen LogP contribution in [0.3, 0.4) is 0 Å². The molecule has 0 aliphatic carbocycles. The standard InChI is InChI=1S/C21H23ClN4O3S/c1-14(20(27)23-17-6-4-5-7-18(17)29-3)30-21-25-24-19(26(21)12-13-28-2)15-8-10-16(22)11-9-15/h4-11,14H,12-13H2,1-3H3,(H,23,27). The van der Waals surface area contributed by atoms with E-state index in [9.17, 15) is 4.79 Å². The fourth-order valence-corrected chi connectivity index (χ4v) is 3.77. The number of hydrogen-bond donors (Lipinski definition) is 1. The molecule has 1 amide bonds. The minimum absolute atomic E-state index is 0.154. The summed E-state index contributed by atoms with van der Waals surface area (Å²) in [4.78, 5) is 12.7. The van der Waals surface area contributed by atoms with Crippen molar-refractivity contribution in [2.45, 2.75) is 23.9 Å². The number of benzene rings is 2. The summed E-state index contributed by atoms with van der Waals surface area (Å²) < 4.78 is 12.5. The van der Waals surface area contributed by atoms with Crippen molar-refractivity contribution in [2.75, 3.05) is 26.1 Å². The van der Waals surface area contributed by atoms with Crippen molar-refractivity contribution in [1.82, 2.24) is 14.8 Å². The van der Waals surface area contributed by atoms with Gasteiger partial charge >= 0.3 is 0 Å². The van der Waals surface area contributed by atoms with E-state index in [1.165, 1.54) is 11.8 Å². The molecule has 0 radical (unpaired) electrons. The van der Waals surface area contributed by atoms with Crippen LogP contribution in [-0.4, -0.2) is 46.7 Å². The van der Waals surface area contributed by atoms with Crippen molar-refractivity contribution >= 4 is 35.0 Å². The van der Waals surface area contributed by atoms with Gasteiger partial charge in [0.2, 0.25) is 5.91 Å². The van der Waals surface area contributed by atoms with Crippen LogP contribution in [-0.2, 0) is 16.1 Å². The molecule has 30 heavy (non-hydrogen) atoms. The third kappa shape index (κ3) is 5.33. The van der Waals surface area contributed by atoms with E-state index in [1.54, 1.807) is 26.4 Å². The number of halogens is 1. The molecule has 1 N–H and O–H groups in total. The lowest BCUT2D eigenvalue weighted by atomic mass is 10.2. The summed E-state index contributed by atoms with van der Waals surface area (Å²) in [6.07, 6.45) is 0. The van der Waals surface area contributed by atoms with Crippen LogP contribution in [0.2, 0.25) is 5.02 Å². The van der Waals surface area contributed by atoms with E-state index >= 15 is 0 Å². The van der Waals surface area contributed by atoms with Crippen molar-refractivity contribution in [1.29, 1.82) is 0 Å². The SMILES string of the molecule is COCCn1c(SC(C)C(=O)Nc2ccccc2OC)nnc1-c1ccc(Cl)cc1. The number of nitrogens with one attached hydrogen (secondary N) is 1. The highest BCUT2D eigenvalue weighted by Gasteiger charge is 2.21. The van der Waals surface area contributed by atoms with Crippen LogP contribution in [0.5, 0.6) is 5.75 Å². The minimum Gasteiger partial charge on any atom is -0.495 e. The van der Waals surface area contributed by atoms with Crippen molar-refractivity contribution in [3.8, 4) is 17.1 Å². The number of para-hydroxylation sites is 2. The molecule has 9 heteroatoms. The van der Waals surface area contributed by atoms with Crippen LogP contribution >= 0.6 is 23.4 Å². The van der Waals surface area contributed by atoms with E-state index in [2.05, 4.69) is 15.5 Å². The molecule has 0 aliphatic heterocycles. The highest BCUT2D eigenvalue weighted by molar-refractivity contribution is 8.00. The monoisotopic (exact) mass is 446 g/mol. The maximum Gasteiger partial charge on any atom is 0.237 e. The van der Waals surface area contributed by atoms with E-state index in [0.29, 0.717) is 40.6 Å². The number of methoxy groups -OCH3 is 2. The number of amides is 1. The third-order valence-corrected chi connectivity index (χ3v) is 5.69. The molecule has 1 heterocycles. The number of ether oxygens (including phenoxy) is 2. The lowest BCUT2D eigenvalue weighted by Crippen LogP contribution is -2.23. The van der Waals surface area contributed by atoms with Gasteiger partial charge in [-0.15, -0.1) is 10.2 Å². The number of rotatable bonds is 9. The number of aromatic nitrogens is 3. The van der Waals surface area contributed by atoms with E-state index in [4.69, 9.17) is 21.1 Å². The number of carbonyl (C=O) groups is 1. The lowest BCUT2D eigenvalue weighted by molar-refractivity contribution is -0.115. The van der Waals surface area contributed by atoms with Gasteiger partial charge in [0.05, 0.1) is 31.2 Å². The predicted octanol–water partition coefficient (Wildman–Crippen LogP) is 4.37. The van der Waals surface area contributed by atoms with E-state index in [-0.39, 0.29) is 5.91 Å². The number of nitrogens with zero attached hydrogens (tertiary/aromatic N) is 3. The Morgan fingerprint density at radius 3 is 2.60 bits per heavy atom. The average molecular weight is 447 g/mol. The molecule has 1 unspecified atom stereocenters. The maximum absolute atomic E-state index is 12.7. The molecule has 158 valence electrons. The predicted molar refractivity (Wildman–Crippen MR) is 119 cm³/mol. The van der Waals surface area contributed by atoms with Crippen molar-refractivity contribution < 1.29 is 14.3 Å². The second kappa shape index (κ2) is 10.5. The summed E-state index contributed by atoms with van der Waals surface area (Å²) in [5, 5.41) is 12.4. The van der Waals surface area contributed by atoms with Crippen LogP contribution in [0.15, 0.2) is 53.7 Å². The normalized spacial score (nSPS) is 11.9. The molecule has 7 nitrogen and oxygen atoms in total. The highest BCUT2D eigenvalue weighted by Crippen LogP contribution is 2.29. The second-order valence-electron chi connectivity index (χ2n) is 6.41. The third-order valence-electron chi connectivity index (χ3n) is 4.35. The molecule has 0 saturated carbocycles. The Labute approximate surface area is 184 Å². The van der Waals surface area contributed by atoms with Gasteiger partial charge in [0.25, 0.3) is 0 Å². The van der Waals surface area contributed by atoms with Crippen LogP contribution < -0.4 is 10.1 Å². The van der Waals surface area contributed by atoms with Crippen LogP contribution in [0.4, 0.5) is 5.69 Å². The summed E-state index contributed by atoms with van der Waals surface area (Å²) in [6.45, 7) is 2.88. The lowest BCUT2D eigenvalue weighted by Gasteiger charge is -2.15. The first kappa shape index (κ1) is 22.1. The fourth-order valence-electron chi connectivity index (χ4n) is 2.77. The molecule has 3 rings (SSSR count). The summed E-state index contributed by atoms with van der Waals surface area (Å²) >= 11 is 7.33. The molecule has 0 saturated heterocycles. The van der Waals surface area contributed by atoms with Crippen molar-refractivity contribution in [2.24, 2.45) is 0 Å². The zero-order valence-corrected chi connectivity index (χ0v) is 18.5. The summed E-state index contributed by atoms with van der Waals surface area (Å²) in [5.41, 5.74) is 1.51. The maximum atomic E-state index is 12.7. The first-order valence-electron chi connectivity index (χ1n) is 9.32. The molecule has 2 aromatic carbocycles. The Morgan fingerprint density at radius 2 is 1.90 bits per heavy atom. The summed E-state index contributed by atoms with van der Waals surface area (Å²) in [6, 6.07) is 14.7. The number of anilines is 1. The Hall–Kier alpha value is -2.55. The number of hydrogen-bond acceptors (Lipinski definition) is 6. The summed E-state index contributed by atoms with van der Waals surface area (Å²) in [7, 11) is 3.21. The fraction of sp³-hybridized carbons (Fsp3) is 0.286. The zero-order valence-electron chi connectivity index (χ0n) is 17.0. The minimum atomic E-state index is -0.404. The highest BCUT2D eigenvalue weighted by atomic mass is 35.5. The van der Waals surface area contributed by atoms with Crippen molar-refractivity contribution in [3.05, 3.63) is 53.6 Å². The van der Waals surface area contributed by atoms with E-state index in [0.717, 1.165) is 5.56 Å². The smallest absolute Gasteiger partial charge is 0.237 e. The molecule has 3 aromatic rings. The zero-order chi connectivity index (χ0) is 21.5. The van der Waals surface area contributed by atoms with E-state index in [1.807, 2.05) is 47.9 Å². The van der Waals surface area contributed by atoms with Crippen LogP contribution in [0, 0.1) is 0 Å². The van der Waals surface area contributed by atoms with Gasteiger partial charge in [-0.05, 0) is 43.3 Å². The van der Waals surface area contributed by atoms with Crippen LogP contribution in [0.25, 0.3) is 11.4 Å². The number of thioether (sulfide) groups is 1.